The van der Waals surface area contributed by atoms with Crippen LogP contribution in [-0.2, 0) is 17.6 Å². The minimum absolute atomic E-state index is 0.0369. The number of rotatable bonds is 8. The zero-order valence-electron chi connectivity index (χ0n) is 15.0. The summed E-state index contributed by atoms with van der Waals surface area (Å²) in [5, 5.41) is 10.4. The monoisotopic (exact) mass is 437 g/mol. The number of aryl methyl sites for hydroxylation is 1. The van der Waals surface area contributed by atoms with Crippen molar-refractivity contribution in [2.24, 2.45) is 4.99 Å². The standard InChI is InChI=1S/C18H24BrN5OS/c1-3-15-12-23-17(26-15)9-11-22-18(20-2)21-10-8-16(25)24-14-6-4-13(19)5-7-14/h4-7,12H,3,8-11H2,1-2H3,(H,24,25)(H2,20,21,22). The molecule has 0 aliphatic carbocycles. The van der Waals surface area contributed by atoms with Gasteiger partial charge in [-0.2, -0.15) is 0 Å². The molecule has 1 aromatic heterocycles. The molecule has 140 valence electrons. The van der Waals surface area contributed by atoms with Crippen LogP contribution >= 0.6 is 27.3 Å². The molecular formula is C18H24BrN5OS. The molecule has 0 fully saturated rings. The number of carbonyl (C=O) groups is 1. The highest BCUT2D eigenvalue weighted by molar-refractivity contribution is 9.10. The quantitative estimate of drug-likeness (QED) is 0.437. The van der Waals surface area contributed by atoms with Gasteiger partial charge in [0.05, 0.1) is 5.01 Å². The second-order valence-corrected chi connectivity index (χ2v) is 7.67. The predicted molar refractivity (Wildman–Crippen MR) is 112 cm³/mol. The van der Waals surface area contributed by atoms with Crippen molar-refractivity contribution in [1.82, 2.24) is 15.6 Å². The Bertz CT molecular complexity index is 729. The fourth-order valence-electron chi connectivity index (χ4n) is 2.19. The summed E-state index contributed by atoms with van der Waals surface area (Å²) in [6, 6.07) is 7.51. The van der Waals surface area contributed by atoms with Gasteiger partial charge in [-0.1, -0.05) is 22.9 Å². The van der Waals surface area contributed by atoms with Gasteiger partial charge in [-0.15, -0.1) is 11.3 Å². The SMILES string of the molecule is CCc1cnc(CCNC(=NC)NCCC(=O)Nc2ccc(Br)cc2)s1. The summed E-state index contributed by atoms with van der Waals surface area (Å²) in [7, 11) is 1.72. The Hall–Kier alpha value is -1.93. The van der Waals surface area contributed by atoms with Gasteiger partial charge in [-0.25, -0.2) is 4.98 Å². The second kappa shape index (κ2) is 10.9. The van der Waals surface area contributed by atoms with Gasteiger partial charge in [-0.3, -0.25) is 9.79 Å². The van der Waals surface area contributed by atoms with E-state index in [1.165, 1.54) is 4.88 Å². The fraction of sp³-hybridized carbons (Fsp3) is 0.389. The Labute approximate surface area is 166 Å². The van der Waals surface area contributed by atoms with Crippen LogP contribution in [0.2, 0.25) is 0 Å². The number of aliphatic imine (C=N–C) groups is 1. The Morgan fingerprint density at radius 3 is 2.62 bits per heavy atom. The molecule has 8 heteroatoms. The molecule has 0 aliphatic rings. The van der Waals surface area contributed by atoms with Crippen LogP contribution in [0.25, 0.3) is 0 Å². The van der Waals surface area contributed by atoms with Crippen molar-refractivity contribution in [3.05, 3.63) is 44.8 Å². The van der Waals surface area contributed by atoms with Crippen LogP contribution in [0.1, 0.15) is 23.2 Å². The van der Waals surface area contributed by atoms with E-state index in [9.17, 15) is 4.79 Å². The third kappa shape index (κ3) is 7.13. The van der Waals surface area contributed by atoms with Gasteiger partial charge in [0.25, 0.3) is 0 Å². The molecule has 3 N–H and O–H groups in total. The minimum Gasteiger partial charge on any atom is -0.356 e. The van der Waals surface area contributed by atoms with Crippen molar-refractivity contribution in [3.8, 4) is 0 Å². The summed E-state index contributed by atoms with van der Waals surface area (Å²) in [6.07, 6.45) is 4.19. The number of amides is 1. The highest BCUT2D eigenvalue weighted by Gasteiger charge is 2.05. The number of guanidine groups is 1. The van der Waals surface area contributed by atoms with E-state index < -0.39 is 0 Å². The summed E-state index contributed by atoms with van der Waals surface area (Å²) in [6.45, 7) is 3.40. The van der Waals surface area contributed by atoms with E-state index in [0.29, 0.717) is 18.9 Å². The normalized spacial score (nSPS) is 11.3. The first kappa shape index (κ1) is 20.4. The van der Waals surface area contributed by atoms with E-state index in [1.807, 2.05) is 30.5 Å². The minimum atomic E-state index is -0.0369. The average molecular weight is 438 g/mol. The molecule has 0 unspecified atom stereocenters. The van der Waals surface area contributed by atoms with E-state index in [1.54, 1.807) is 18.4 Å². The first-order valence-electron chi connectivity index (χ1n) is 8.54. The molecule has 6 nitrogen and oxygen atoms in total. The number of nitrogens with zero attached hydrogens (tertiary/aromatic N) is 2. The van der Waals surface area contributed by atoms with Crippen molar-refractivity contribution in [1.29, 1.82) is 0 Å². The highest BCUT2D eigenvalue weighted by Crippen LogP contribution is 2.14. The Morgan fingerprint density at radius 2 is 1.96 bits per heavy atom. The molecule has 0 saturated heterocycles. The van der Waals surface area contributed by atoms with Crippen molar-refractivity contribution in [3.63, 3.8) is 0 Å². The number of hydrogen-bond acceptors (Lipinski definition) is 4. The third-order valence-electron chi connectivity index (χ3n) is 3.58. The maximum atomic E-state index is 12.0. The first-order valence-corrected chi connectivity index (χ1v) is 10.1. The molecule has 0 aliphatic heterocycles. The number of nitrogens with one attached hydrogen (secondary N) is 3. The highest BCUT2D eigenvalue weighted by atomic mass is 79.9. The Balaban J connectivity index is 1.64. The lowest BCUT2D eigenvalue weighted by atomic mass is 10.3. The summed E-state index contributed by atoms with van der Waals surface area (Å²) in [4.78, 5) is 21.8. The molecule has 0 radical (unpaired) electrons. The summed E-state index contributed by atoms with van der Waals surface area (Å²) in [5.41, 5.74) is 0.788. The second-order valence-electron chi connectivity index (χ2n) is 5.55. The van der Waals surface area contributed by atoms with E-state index >= 15 is 0 Å². The smallest absolute Gasteiger partial charge is 0.226 e. The van der Waals surface area contributed by atoms with Crippen LogP contribution in [0.5, 0.6) is 0 Å². The van der Waals surface area contributed by atoms with E-state index in [0.717, 1.165) is 34.6 Å². The van der Waals surface area contributed by atoms with Crippen molar-refractivity contribution in [2.45, 2.75) is 26.2 Å². The number of carbonyl (C=O) groups excluding carboxylic acids is 1. The van der Waals surface area contributed by atoms with Gasteiger partial charge in [0.15, 0.2) is 5.96 Å². The molecule has 0 saturated carbocycles. The number of anilines is 1. The van der Waals surface area contributed by atoms with Gasteiger partial charge in [-0.05, 0) is 30.7 Å². The summed E-state index contributed by atoms with van der Waals surface area (Å²) >= 11 is 5.12. The van der Waals surface area contributed by atoms with E-state index in [4.69, 9.17) is 0 Å². The number of thiazole rings is 1. The Kier molecular flexibility index (Phi) is 8.57. The fourth-order valence-corrected chi connectivity index (χ4v) is 3.31. The van der Waals surface area contributed by atoms with E-state index in [2.05, 4.69) is 48.8 Å². The van der Waals surface area contributed by atoms with Crippen LogP contribution in [-0.4, -0.2) is 37.0 Å². The first-order chi connectivity index (χ1) is 12.6. The number of benzene rings is 1. The van der Waals surface area contributed by atoms with Gasteiger partial charge in [0, 0.05) is 54.2 Å². The molecular weight excluding hydrogens is 414 g/mol. The van der Waals surface area contributed by atoms with Crippen LogP contribution < -0.4 is 16.0 Å². The van der Waals surface area contributed by atoms with Gasteiger partial charge in [0.1, 0.15) is 0 Å². The molecule has 2 aromatic rings. The van der Waals surface area contributed by atoms with Gasteiger partial charge in [0.2, 0.25) is 5.91 Å². The van der Waals surface area contributed by atoms with Gasteiger partial charge >= 0.3 is 0 Å². The number of halogens is 1. The summed E-state index contributed by atoms with van der Waals surface area (Å²) in [5.74, 6) is 0.652. The lowest BCUT2D eigenvalue weighted by Gasteiger charge is -2.11. The van der Waals surface area contributed by atoms with Crippen molar-refractivity contribution in [2.75, 3.05) is 25.5 Å². The van der Waals surface area contributed by atoms with Crippen molar-refractivity contribution >= 4 is 44.8 Å². The molecule has 0 atom stereocenters. The Morgan fingerprint density at radius 1 is 1.23 bits per heavy atom. The molecule has 1 amide bonds. The molecule has 1 heterocycles. The number of hydrogen-bond donors (Lipinski definition) is 3. The van der Waals surface area contributed by atoms with E-state index in [-0.39, 0.29) is 5.91 Å². The molecule has 0 bridgehead atoms. The maximum absolute atomic E-state index is 12.0. The average Bonchev–Trinajstić information content (AvgIpc) is 3.10. The van der Waals surface area contributed by atoms with Crippen LogP contribution in [0.4, 0.5) is 5.69 Å². The molecule has 26 heavy (non-hydrogen) atoms. The third-order valence-corrected chi connectivity index (χ3v) is 5.31. The zero-order chi connectivity index (χ0) is 18.8. The summed E-state index contributed by atoms with van der Waals surface area (Å²) < 4.78 is 0.982. The molecule has 0 spiro atoms. The van der Waals surface area contributed by atoms with Gasteiger partial charge < -0.3 is 16.0 Å². The van der Waals surface area contributed by atoms with Crippen molar-refractivity contribution < 1.29 is 4.79 Å². The number of aromatic nitrogens is 1. The predicted octanol–water partition coefficient (Wildman–Crippen LogP) is 3.20. The zero-order valence-corrected chi connectivity index (χ0v) is 17.4. The lowest BCUT2D eigenvalue weighted by molar-refractivity contribution is -0.116. The van der Waals surface area contributed by atoms with Crippen LogP contribution in [0.3, 0.4) is 0 Å². The molecule has 2 rings (SSSR count). The maximum Gasteiger partial charge on any atom is 0.226 e. The lowest BCUT2D eigenvalue weighted by Crippen LogP contribution is -2.39. The molecule has 1 aromatic carbocycles. The van der Waals surface area contributed by atoms with Crippen LogP contribution in [0.15, 0.2) is 39.9 Å². The topological polar surface area (TPSA) is 78.4 Å². The largest absolute Gasteiger partial charge is 0.356 e. The van der Waals surface area contributed by atoms with Crippen LogP contribution in [0, 0.1) is 0 Å².